The van der Waals surface area contributed by atoms with Crippen LogP contribution in [0.2, 0.25) is 0 Å². The zero-order valence-corrected chi connectivity index (χ0v) is 14.0. The second kappa shape index (κ2) is 5.77. The summed E-state index contributed by atoms with van der Waals surface area (Å²) in [5, 5.41) is 11.0. The molecule has 1 heterocycles. The summed E-state index contributed by atoms with van der Waals surface area (Å²) in [6.07, 6.45) is 1.84. The SMILES string of the molecule is Cc1ccc(S(=O)(=O)NCC(O)(c2ccccc2)C2CC2)s1. The molecule has 1 aromatic heterocycles. The predicted molar refractivity (Wildman–Crippen MR) is 87.3 cm³/mol. The molecule has 0 aliphatic heterocycles. The van der Waals surface area contributed by atoms with E-state index in [1.165, 1.54) is 11.3 Å². The van der Waals surface area contributed by atoms with E-state index in [1.807, 2.05) is 37.3 Å². The molecule has 0 bridgehead atoms. The van der Waals surface area contributed by atoms with Crippen molar-refractivity contribution in [2.24, 2.45) is 5.92 Å². The molecule has 1 unspecified atom stereocenters. The topological polar surface area (TPSA) is 66.4 Å². The average Bonchev–Trinajstić information content (AvgIpc) is 3.28. The van der Waals surface area contributed by atoms with Gasteiger partial charge in [0.15, 0.2) is 0 Å². The number of thiophene rings is 1. The van der Waals surface area contributed by atoms with Crippen LogP contribution in [0.15, 0.2) is 46.7 Å². The second-order valence-corrected chi connectivity index (χ2v) is 9.04. The van der Waals surface area contributed by atoms with Gasteiger partial charge in [0.25, 0.3) is 0 Å². The third-order valence-corrected chi connectivity index (χ3v) is 6.93. The minimum absolute atomic E-state index is 0.000953. The van der Waals surface area contributed by atoms with Crippen LogP contribution in [0.5, 0.6) is 0 Å². The lowest BCUT2D eigenvalue weighted by Gasteiger charge is -2.29. The van der Waals surface area contributed by atoms with Crippen LogP contribution in [-0.4, -0.2) is 20.1 Å². The molecule has 3 rings (SSSR count). The normalized spacial score (nSPS) is 18.1. The Morgan fingerprint density at radius 2 is 1.91 bits per heavy atom. The van der Waals surface area contributed by atoms with E-state index in [1.54, 1.807) is 12.1 Å². The zero-order valence-electron chi connectivity index (χ0n) is 12.3. The first-order valence-electron chi connectivity index (χ1n) is 7.26. The largest absolute Gasteiger partial charge is 0.383 e. The Kier molecular flexibility index (Phi) is 4.11. The summed E-state index contributed by atoms with van der Waals surface area (Å²) in [6, 6.07) is 12.7. The van der Waals surface area contributed by atoms with Gasteiger partial charge in [0.2, 0.25) is 10.0 Å². The summed E-state index contributed by atoms with van der Waals surface area (Å²) >= 11 is 1.23. The third kappa shape index (κ3) is 3.10. The van der Waals surface area contributed by atoms with Gasteiger partial charge in [-0.3, -0.25) is 0 Å². The van der Waals surface area contributed by atoms with E-state index in [2.05, 4.69) is 4.72 Å². The highest BCUT2D eigenvalue weighted by molar-refractivity contribution is 7.91. The van der Waals surface area contributed by atoms with E-state index in [-0.39, 0.29) is 16.7 Å². The smallest absolute Gasteiger partial charge is 0.250 e. The molecule has 0 radical (unpaired) electrons. The van der Waals surface area contributed by atoms with Crippen LogP contribution in [0.1, 0.15) is 23.3 Å². The van der Waals surface area contributed by atoms with Crippen molar-refractivity contribution in [1.82, 2.24) is 4.72 Å². The minimum atomic E-state index is -3.58. The summed E-state index contributed by atoms with van der Waals surface area (Å²) < 4.78 is 27.6. The lowest BCUT2D eigenvalue weighted by atomic mass is 9.89. The van der Waals surface area contributed by atoms with Gasteiger partial charge >= 0.3 is 0 Å². The Morgan fingerprint density at radius 1 is 1.23 bits per heavy atom. The fraction of sp³-hybridized carbons (Fsp3) is 0.375. The maximum atomic E-state index is 12.4. The van der Waals surface area contributed by atoms with E-state index < -0.39 is 15.6 Å². The highest BCUT2D eigenvalue weighted by Gasteiger charge is 2.45. The Balaban J connectivity index is 1.81. The van der Waals surface area contributed by atoms with Crippen molar-refractivity contribution in [3.63, 3.8) is 0 Å². The molecule has 1 aliphatic rings. The van der Waals surface area contributed by atoms with Crippen molar-refractivity contribution in [3.05, 3.63) is 52.9 Å². The maximum Gasteiger partial charge on any atom is 0.250 e. The van der Waals surface area contributed by atoms with Crippen molar-refractivity contribution in [3.8, 4) is 0 Å². The first-order chi connectivity index (χ1) is 10.4. The molecule has 118 valence electrons. The maximum absolute atomic E-state index is 12.4. The Bertz CT molecular complexity index is 751. The number of hydrogen-bond acceptors (Lipinski definition) is 4. The number of benzene rings is 1. The fourth-order valence-electron chi connectivity index (χ4n) is 2.60. The molecule has 1 aromatic carbocycles. The monoisotopic (exact) mass is 337 g/mol. The van der Waals surface area contributed by atoms with Crippen LogP contribution < -0.4 is 4.72 Å². The first-order valence-corrected chi connectivity index (χ1v) is 9.56. The van der Waals surface area contributed by atoms with Gasteiger partial charge in [0.1, 0.15) is 9.81 Å². The van der Waals surface area contributed by atoms with Gasteiger partial charge in [-0.05, 0) is 43.4 Å². The van der Waals surface area contributed by atoms with Crippen molar-refractivity contribution in [1.29, 1.82) is 0 Å². The second-order valence-electron chi connectivity index (χ2n) is 5.75. The molecule has 2 N–H and O–H groups in total. The summed E-state index contributed by atoms with van der Waals surface area (Å²) in [5.41, 5.74) is -0.372. The van der Waals surface area contributed by atoms with E-state index in [4.69, 9.17) is 0 Å². The van der Waals surface area contributed by atoms with Crippen molar-refractivity contribution in [2.75, 3.05) is 6.54 Å². The summed E-state index contributed by atoms with van der Waals surface area (Å²) in [5.74, 6) is 0.114. The number of sulfonamides is 1. The molecule has 6 heteroatoms. The van der Waals surface area contributed by atoms with E-state index in [0.29, 0.717) is 0 Å². The Morgan fingerprint density at radius 3 is 2.45 bits per heavy atom. The average molecular weight is 337 g/mol. The fourth-order valence-corrected chi connectivity index (χ4v) is 5.00. The standard InChI is InChI=1S/C16H19NO3S2/c1-12-7-10-15(21-12)22(19,20)17-11-16(18,14-8-9-14)13-5-3-2-4-6-13/h2-7,10,14,17-18H,8-9,11H2,1H3. The summed E-state index contributed by atoms with van der Waals surface area (Å²) in [7, 11) is -3.58. The lowest BCUT2D eigenvalue weighted by molar-refractivity contribution is 0.0185. The van der Waals surface area contributed by atoms with Crippen molar-refractivity contribution in [2.45, 2.75) is 29.6 Å². The van der Waals surface area contributed by atoms with Crippen molar-refractivity contribution >= 4 is 21.4 Å². The van der Waals surface area contributed by atoms with E-state index in [0.717, 1.165) is 23.3 Å². The number of nitrogens with one attached hydrogen (secondary N) is 1. The van der Waals surface area contributed by atoms with Crippen LogP contribution in [-0.2, 0) is 15.6 Å². The number of aryl methyl sites for hydroxylation is 1. The molecule has 22 heavy (non-hydrogen) atoms. The van der Waals surface area contributed by atoms with E-state index in [9.17, 15) is 13.5 Å². The molecule has 1 atom stereocenters. The summed E-state index contributed by atoms with van der Waals surface area (Å²) in [6.45, 7) is 1.87. The highest BCUT2D eigenvalue weighted by atomic mass is 32.2. The van der Waals surface area contributed by atoms with Gasteiger partial charge in [-0.2, -0.15) is 0 Å². The molecular formula is C16H19NO3S2. The zero-order chi connectivity index (χ0) is 15.8. The van der Waals surface area contributed by atoms with Gasteiger partial charge in [-0.1, -0.05) is 30.3 Å². The molecule has 1 fully saturated rings. The van der Waals surface area contributed by atoms with Gasteiger partial charge < -0.3 is 5.11 Å². The number of hydrogen-bond donors (Lipinski definition) is 2. The predicted octanol–water partition coefficient (Wildman–Crippen LogP) is 2.63. The lowest BCUT2D eigenvalue weighted by Crippen LogP contribution is -2.42. The van der Waals surface area contributed by atoms with Crippen LogP contribution in [0.25, 0.3) is 0 Å². The van der Waals surface area contributed by atoms with Gasteiger partial charge in [0.05, 0.1) is 0 Å². The molecule has 1 saturated carbocycles. The van der Waals surface area contributed by atoms with E-state index >= 15 is 0 Å². The quantitative estimate of drug-likeness (QED) is 0.851. The van der Waals surface area contributed by atoms with Crippen LogP contribution >= 0.6 is 11.3 Å². The molecule has 0 saturated heterocycles. The summed E-state index contributed by atoms with van der Waals surface area (Å²) in [4.78, 5) is 0.945. The highest BCUT2D eigenvalue weighted by Crippen LogP contribution is 2.45. The van der Waals surface area contributed by atoms with Crippen LogP contribution in [0.4, 0.5) is 0 Å². The molecule has 2 aromatic rings. The number of aliphatic hydroxyl groups is 1. The minimum Gasteiger partial charge on any atom is -0.383 e. The van der Waals surface area contributed by atoms with Gasteiger partial charge in [-0.15, -0.1) is 11.3 Å². The first kappa shape index (κ1) is 15.7. The molecule has 4 nitrogen and oxygen atoms in total. The van der Waals surface area contributed by atoms with Crippen LogP contribution in [0, 0.1) is 12.8 Å². The van der Waals surface area contributed by atoms with Crippen LogP contribution in [0.3, 0.4) is 0 Å². The van der Waals surface area contributed by atoms with Gasteiger partial charge in [0, 0.05) is 11.4 Å². The molecule has 0 amide bonds. The molecular weight excluding hydrogens is 318 g/mol. The molecule has 0 spiro atoms. The Hall–Kier alpha value is -1.21. The van der Waals surface area contributed by atoms with Crippen molar-refractivity contribution < 1.29 is 13.5 Å². The molecule has 1 aliphatic carbocycles. The number of rotatable bonds is 6. The van der Waals surface area contributed by atoms with Gasteiger partial charge in [-0.25, -0.2) is 13.1 Å². The Labute approximate surface area is 134 Å². The third-order valence-electron chi connectivity index (χ3n) is 4.04.